The number of pyridine rings is 1. The van der Waals surface area contributed by atoms with Crippen LogP contribution in [-0.4, -0.2) is 43.7 Å². The quantitative estimate of drug-likeness (QED) is 0.732. The van der Waals surface area contributed by atoms with Gasteiger partial charge in [-0.05, 0) is 12.1 Å². The predicted molar refractivity (Wildman–Crippen MR) is 71.1 cm³/mol. The molecule has 0 fully saturated rings. The SMILES string of the molecule is CC(=O)N[C@@H](CS(=O)CCc1ccccn1)C(=O)O. The minimum absolute atomic E-state index is 0.0955. The molecule has 1 unspecified atom stereocenters. The molecule has 0 saturated carbocycles. The third kappa shape index (κ3) is 6.10. The number of aromatic nitrogens is 1. The van der Waals surface area contributed by atoms with Crippen molar-refractivity contribution in [2.45, 2.75) is 19.4 Å². The number of aryl methyl sites for hydroxylation is 1. The molecule has 0 aliphatic heterocycles. The molecule has 1 amide bonds. The van der Waals surface area contributed by atoms with Gasteiger partial charge in [-0.25, -0.2) is 4.79 Å². The Morgan fingerprint density at radius 1 is 1.47 bits per heavy atom. The Bertz CT molecular complexity index is 464. The van der Waals surface area contributed by atoms with Crippen molar-refractivity contribution >= 4 is 22.7 Å². The number of nitrogens with zero attached hydrogens (tertiary/aromatic N) is 1. The van der Waals surface area contributed by atoms with Gasteiger partial charge in [0.05, 0.1) is 5.75 Å². The first-order valence-corrected chi connectivity index (χ1v) is 7.22. The third-order valence-electron chi connectivity index (χ3n) is 2.34. The highest BCUT2D eigenvalue weighted by Gasteiger charge is 2.21. The van der Waals surface area contributed by atoms with Gasteiger partial charge in [-0.15, -0.1) is 0 Å². The van der Waals surface area contributed by atoms with Crippen molar-refractivity contribution < 1.29 is 18.9 Å². The fourth-order valence-corrected chi connectivity index (χ4v) is 2.65. The van der Waals surface area contributed by atoms with E-state index in [4.69, 9.17) is 5.11 Å². The van der Waals surface area contributed by atoms with Gasteiger partial charge in [0.2, 0.25) is 5.91 Å². The van der Waals surface area contributed by atoms with Gasteiger partial charge in [0.25, 0.3) is 0 Å². The van der Waals surface area contributed by atoms with E-state index in [1.165, 1.54) is 6.92 Å². The summed E-state index contributed by atoms with van der Waals surface area (Å²) in [5, 5.41) is 11.2. The van der Waals surface area contributed by atoms with Crippen LogP contribution in [0, 0.1) is 0 Å². The lowest BCUT2D eigenvalue weighted by Crippen LogP contribution is -2.43. The lowest BCUT2D eigenvalue weighted by atomic mass is 10.3. The maximum atomic E-state index is 11.8. The van der Waals surface area contributed by atoms with Crippen molar-refractivity contribution in [3.63, 3.8) is 0 Å². The second-order valence-electron chi connectivity index (χ2n) is 3.97. The molecule has 2 N–H and O–H groups in total. The lowest BCUT2D eigenvalue weighted by Gasteiger charge is -2.12. The number of carbonyl (C=O) groups is 2. The molecule has 0 aliphatic carbocycles. The Kier molecular flexibility index (Phi) is 6.14. The summed E-state index contributed by atoms with van der Waals surface area (Å²) in [4.78, 5) is 25.8. The van der Waals surface area contributed by atoms with Crippen molar-refractivity contribution in [1.82, 2.24) is 10.3 Å². The summed E-state index contributed by atoms with van der Waals surface area (Å²) in [5.41, 5.74) is 0.808. The van der Waals surface area contributed by atoms with Crippen LogP contribution in [0.5, 0.6) is 0 Å². The number of aliphatic carboxylic acids is 1. The van der Waals surface area contributed by atoms with Crippen LogP contribution in [0.3, 0.4) is 0 Å². The maximum Gasteiger partial charge on any atom is 0.327 e. The number of nitrogens with one attached hydrogen (secondary N) is 1. The molecule has 0 saturated heterocycles. The number of carbonyl (C=O) groups excluding carboxylic acids is 1. The zero-order chi connectivity index (χ0) is 14.3. The molecule has 2 atom stereocenters. The van der Waals surface area contributed by atoms with Gasteiger partial charge in [0.15, 0.2) is 0 Å². The lowest BCUT2D eigenvalue weighted by molar-refractivity contribution is -0.140. The number of hydrogen-bond donors (Lipinski definition) is 2. The summed E-state index contributed by atoms with van der Waals surface area (Å²) in [5.74, 6) is -1.40. The third-order valence-corrected chi connectivity index (χ3v) is 3.70. The molecule has 1 rings (SSSR count). The summed E-state index contributed by atoms with van der Waals surface area (Å²) in [6.07, 6.45) is 2.16. The zero-order valence-corrected chi connectivity index (χ0v) is 11.4. The zero-order valence-electron chi connectivity index (χ0n) is 10.5. The second-order valence-corrected chi connectivity index (χ2v) is 5.59. The van der Waals surface area contributed by atoms with E-state index >= 15 is 0 Å². The van der Waals surface area contributed by atoms with E-state index in [1.54, 1.807) is 12.3 Å². The minimum Gasteiger partial charge on any atom is -0.480 e. The van der Waals surface area contributed by atoms with Crippen molar-refractivity contribution in [2.75, 3.05) is 11.5 Å². The van der Waals surface area contributed by atoms with Crippen LogP contribution >= 0.6 is 0 Å². The van der Waals surface area contributed by atoms with Crippen LogP contribution in [0.1, 0.15) is 12.6 Å². The molecule has 19 heavy (non-hydrogen) atoms. The highest BCUT2D eigenvalue weighted by Crippen LogP contribution is 1.98. The van der Waals surface area contributed by atoms with Crippen LogP contribution in [-0.2, 0) is 26.8 Å². The molecule has 0 spiro atoms. The molecule has 1 aromatic rings. The number of amides is 1. The standard InChI is InChI=1S/C12H16N2O4S/c1-9(15)14-11(12(16)17)8-19(18)7-5-10-4-2-3-6-13-10/h2-4,6,11H,5,7-8H2,1H3,(H,14,15)(H,16,17)/t11-,19?/m0/s1. The van der Waals surface area contributed by atoms with Crippen molar-refractivity contribution in [1.29, 1.82) is 0 Å². The van der Waals surface area contributed by atoms with Gasteiger partial charge >= 0.3 is 5.97 Å². The Morgan fingerprint density at radius 2 is 2.21 bits per heavy atom. The number of carboxylic acid groups (broad SMARTS) is 1. The monoisotopic (exact) mass is 284 g/mol. The average Bonchev–Trinajstić information content (AvgIpc) is 2.36. The summed E-state index contributed by atoms with van der Waals surface area (Å²) in [6.45, 7) is 1.23. The van der Waals surface area contributed by atoms with Gasteiger partial charge in [-0.1, -0.05) is 6.07 Å². The van der Waals surface area contributed by atoms with Crippen molar-refractivity contribution in [3.8, 4) is 0 Å². The predicted octanol–water partition coefficient (Wildman–Crippen LogP) is -0.0379. The first kappa shape index (κ1) is 15.3. The van der Waals surface area contributed by atoms with Gasteiger partial charge in [0, 0.05) is 41.8 Å². The van der Waals surface area contributed by atoms with Gasteiger partial charge in [-0.2, -0.15) is 0 Å². The molecule has 0 bridgehead atoms. The fraction of sp³-hybridized carbons (Fsp3) is 0.417. The van der Waals surface area contributed by atoms with E-state index in [0.29, 0.717) is 12.2 Å². The normalized spacial score (nSPS) is 13.5. The van der Waals surface area contributed by atoms with E-state index in [1.807, 2.05) is 12.1 Å². The van der Waals surface area contributed by atoms with E-state index < -0.39 is 28.7 Å². The smallest absolute Gasteiger partial charge is 0.327 e. The minimum atomic E-state index is -1.32. The molecule has 7 heteroatoms. The van der Waals surface area contributed by atoms with E-state index in [2.05, 4.69) is 10.3 Å². The summed E-state index contributed by atoms with van der Waals surface area (Å²) in [6, 6.07) is 4.34. The Labute approximate surface area is 113 Å². The van der Waals surface area contributed by atoms with Crippen LogP contribution in [0.2, 0.25) is 0 Å². The summed E-state index contributed by atoms with van der Waals surface area (Å²) >= 11 is 0. The van der Waals surface area contributed by atoms with Crippen LogP contribution in [0.25, 0.3) is 0 Å². The first-order valence-electron chi connectivity index (χ1n) is 5.74. The molecule has 1 aromatic heterocycles. The molecule has 0 radical (unpaired) electrons. The fourth-order valence-electron chi connectivity index (χ4n) is 1.45. The molecule has 6 nitrogen and oxygen atoms in total. The topological polar surface area (TPSA) is 96.4 Å². The average molecular weight is 284 g/mol. The maximum absolute atomic E-state index is 11.8. The molecular formula is C12H16N2O4S. The first-order chi connectivity index (χ1) is 8.99. The van der Waals surface area contributed by atoms with Crippen LogP contribution in [0.4, 0.5) is 0 Å². The Morgan fingerprint density at radius 3 is 2.74 bits per heavy atom. The molecular weight excluding hydrogens is 268 g/mol. The van der Waals surface area contributed by atoms with Crippen molar-refractivity contribution in [3.05, 3.63) is 30.1 Å². The Hall–Kier alpha value is -1.76. The second kappa shape index (κ2) is 7.63. The molecule has 1 heterocycles. The molecule has 0 aliphatic rings. The van der Waals surface area contributed by atoms with Crippen molar-refractivity contribution in [2.24, 2.45) is 0 Å². The summed E-state index contributed by atoms with van der Waals surface area (Å²) in [7, 11) is -1.32. The molecule has 0 aromatic carbocycles. The van der Waals surface area contributed by atoms with Gasteiger partial charge < -0.3 is 10.4 Å². The summed E-state index contributed by atoms with van der Waals surface area (Å²) < 4.78 is 11.8. The highest BCUT2D eigenvalue weighted by atomic mass is 32.2. The molecule has 104 valence electrons. The van der Waals surface area contributed by atoms with E-state index in [0.717, 1.165) is 5.69 Å². The van der Waals surface area contributed by atoms with Crippen LogP contribution in [0.15, 0.2) is 24.4 Å². The number of rotatable bonds is 7. The van der Waals surface area contributed by atoms with Gasteiger partial charge in [-0.3, -0.25) is 14.0 Å². The largest absolute Gasteiger partial charge is 0.480 e. The van der Waals surface area contributed by atoms with E-state index in [9.17, 15) is 13.8 Å². The van der Waals surface area contributed by atoms with E-state index in [-0.39, 0.29) is 5.75 Å². The number of carboxylic acids is 1. The number of hydrogen-bond acceptors (Lipinski definition) is 4. The van der Waals surface area contributed by atoms with Crippen LogP contribution < -0.4 is 5.32 Å². The highest BCUT2D eigenvalue weighted by molar-refractivity contribution is 7.85. The van der Waals surface area contributed by atoms with Gasteiger partial charge in [0.1, 0.15) is 6.04 Å². The Balaban J connectivity index is 2.45.